The van der Waals surface area contributed by atoms with Crippen molar-refractivity contribution in [3.05, 3.63) is 173 Å². The van der Waals surface area contributed by atoms with Crippen molar-refractivity contribution in [1.29, 1.82) is 0 Å². The summed E-state index contributed by atoms with van der Waals surface area (Å²) in [5.74, 6) is 0.897. The Hall–Kier alpha value is -4.86. The van der Waals surface area contributed by atoms with E-state index >= 15 is 0 Å². The molecule has 0 bridgehead atoms. The van der Waals surface area contributed by atoms with Crippen LogP contribution >= 0.6 is 11.8 Å². The number of nitrogens with zero attached hydrogens (tertiary/aromatic N) is 1. The third-order valence-electron chi connectivity index (χ3n) is 9.00. The van der Waals surface area contributed by atoms with Crippen LogP contribution in [0.1, 0.15) is 47.7 Å². The topological polar surface area (TPSA) is 24.4 Å². The third-order valence-corrected chi connectivity index (χ3v) is 10.1. The second-order valence-corrected chi connectivity index (χ2v) is 13.2. The lowest BCUT2D eigenvalue weighted by molar-refractivity contribution is 0.607. The van der Waals surface area contributed by atoms with Crippen LogP contribution in [0.5, 0.6) is 0 Å². The molecule has 0 aromatic heterocycles. The van der Waals surface area contributed by atoms with Gasteiger partial charge in [0.1, 0.15) is 11.9 Å². The van der Waals surface area contributed by atoms with Crippen molar-refractivity contribution in [3.8, 4) is 22.3 Å². The number of aliphatic imine (C=N–C) groups is 1. The molecule has 2 aliphatic heterocycles. The standard InChI is InChI=1S/C41H32N2S/c1-41(2)34-16-7-9-18-37(34)44-38-26-32(23-24-35(38)41)31-14-10-13-30(25-31)27-19-21-29(22-20-27)40-42-36-17-8-6-15-33(36)39(43-40)28-11-4-3-5-12-28/h3-26,39H,1-2H3,(H,42,43). The zero-order chi connectivity index (χ0) is 29.7. The summed E-state index contributed by atoms with van der Waals surface area (Å²) in [5, 5.41) is 3.59. The molecule has 0 spiro atoms. The average molecular weight is 585 g/mol. The van der Waals surface area contributed by atoms with E-state index in [1.165, 1.54) is 54.3 Å². The molecule has 2 aliphatic rings. The smallest absolute Gasteiger partial charge is 0.133 e. The molecule has 1 atom stereocenters. The van der Waals surface area contributed by atoms with Gasteiger partial charge in [-0.15, -0.1) is 0 Å². The maximum absolute atomic E-state index is 5.18. The summed E-state index contributed by atoms with van der Waals surface area (Å²) >= 11 is 1.89. The van der Waals surface area contributed by atoms with Gasteiger partial charge in [-0.25, -0.2) is 0 Å². The summed E-state index contributed by atoms with van der Waals surface area (Å²) in [4.78, 5) is 7.88. The van der Waals surface area contributed by atoms with E-state index in [4.69, 9.17) is 4.99 Å². The Morgan fingerprint density at radius 3 is 2.02 bits per heavy atom. The second kappa shape index (κ2) is 10.7. The molecule has 1 unspecified atom stereocenters. The van der Waals surface area contributed by atoms with Gasteiger partial charge in [-0.1, -0.05) is 147 Å². The summed E-state index contributed by atoms with van der Waals surface area (Å²) in [5.41, 5.74) is 12.2. The zero-order valence-corrected chi connectivity index (χ0v) is 25.6. The number of fused-ring (bicyclic) bond motifs is 3. The normalized spacial score (nSPS) is 16.1. The van der Waals surface area contributed by atoms with Crippen molar-refractivity contribution in [3.63, 3.8) is 0 Å². The number of hydrogen-bond acceptors (Lipinski definition) is 3. The number of amidine groups is 1. The number of hydrogen-bond donors (Lipinski definition) is 1. The van der Waals surface area contributed by atoms with Crippen LogP contribution in [0.15, 0.2) is 160 Å². The zero-order valence-electron chi connectivity index (χ0n) is 24.8. The van der Waals surface area contributed by atoms with Gasteiger partial charge >= 0.3 is 0 Å². The highest BCUT2D eigenvalue weighted by atomic mass is 32.2. The molecule has 0 amide bonds. The number of rotatable bonds is 4. The van der Waals surface area contributed by atoms with E-state index in [1.54, 1.807) is 0 Å². The first-order chi connectivity index (χ1) is 21.5. The van der Waals surface area contributed by atoms with Gasteiger partial charge in [-0.2, -0.15) is 0 Å². The van der Waals surface area contributed by atoms with E-state index in [2.05, 4.69) is 165 Å². The van der Waals surface area contributed by atoms with Crippen molar-refractivity contribution in [2.24, 2.45) is 4.99 Å². The molecule has 2 heterocycles. The summed E-state index contributed by atoms with van der Waals surface area (Å²) in [6.07, 6.45) is 0. The molecular weight excluding hydrogens is 553 g/mol. The lowest BCUT2D eigenvalue weighted by Gasteiger charge is -2.34. The number of para-hydroxylation sites is 1. The Kier molecular flexibility index (Phi) is 6.50. The van der Waals surface area contributed by atoms with Crippen molar-refractivity contribution >= 4 is 23.3 Å². The fourth-order valence-electron chi connectivity index (χ4n) is 6.58. The minimum Gasteiger partial charge on any atom is -0.340 e. The van der Waals surface area contributed by atoms with Crippen molar-refractivity contribution in [2.75, 3.05) is 5.32 Å². The lowest BCUT2D eigenvalue weighted by Crippen LogP contribution is -2.23. The van der Waals surface area contributed by atoms with Gasteiger partial charge in [0.05, 0.1) is 0 Å². The van der Waals surface area contributed by atoms with Gasteiger partial charge in [0, 0.05) is 32.0 Å². The van der Waals surface area contributed by atoms with E-state index in [1.807, 2.05) is 11.8 Å². The predicted octanol–water partition coefficient (Wildman–Crippen LogP) is 10.8. The molecule has 1 N–H and O–H groups in total. The van der Waals surface area contributed by atoms with Crippen molar-refractivity contribution in [1.82, 2.24) is 0 Å². The summed E-state index contributed by atoms with van der Waals surface area (Å²) in [7, 11) is 0. The minimum absolute atomic E-state index is 0.0139. The van der Waals surface area contributed by atoms with E-state index in [0.717, 1.165) is 17.1 Å². The Labute approximate surface area is 263 Å². The highest BCUT2D eigenvalue weighted by Crippen LogP contribution is 2.50. The molecule has 212 valence electrons. The average Bonchev–Trinajstić information content (AvgIpc) is 3.08. The Morgan fingerprint density at radius 2 is 1.18 bits per heavy atom. The van der Waals surface area contributed by atoms with Crippen molar-refractivity contribution in [2.45, 2.75) is 35.1 Å². The Morgan fingerprint density at radius 1 is 0.545 bits per heavy atom. The molecular formula is C41H32N2S. The Bertz CT molecular complexity index is 2040. The molecule has 44 heavy (non-hydrogen) atoms. The summed E-state index contributed by atoms with van der Waals surface area (Å²) < 4.78 is 0. The molecule has 2 nitrogen and oxygen atoms in total. The van der Waals surface area contributed by atoms with Gasteiger partial charge in [-0.3, -0.25) is 4.99 Å². The van der Waals surface area contributed by atoms with Gasteiger partial charge in [0.25, 0.3) is 0 Å². The number of anilines is 1. The van der Waals surface area contributed by atoms with E-state index in [-0.39, 0.29) is 11.5 Å². The van der Waals surface area contributed by atoms with Crippen LogP contribution in [0.3, 0.4) is 0 Å². The highest BCUT2D eigenvalue weighted by Gasteiger charge is 2.33. The molecule has 6 aromatic rings. The van der Waals surface area contributed by atoms with Crippen LogP contribution in [-0.2, 0) is 5.41 Å². The van der Waals surface area contributed by atoms with Crippen molar-refractivity contribution < 1.29 is 0 Å². The van der Waals surface area contributed by atoms with E-state index < -0.39 is 0 Å². The van der Waals surface area contributed by atoms with E-state index in [9.17, 15) is 0 Å². The lowest BCUT2D eigenvalue weighted by atomic mass is 9.77. The first kappa shape index (κ1) is 26.7. The molecule has 0 saturated carbocycles. The number of benzene rings is 6. The second-order valence-electron chi connectivity index (χ2n) is 12.1. The van der Waals surface area contributed by atoms with Gasteiger partial charge < -0.3 is 5.32 Å². The fraction of sp³-hybridized carbons (Fsp3) is 0.0976. The van der Waals surface area contributed by atoms with Gasteiger partial charge in [0.2, 0.25) is 0 Å². The highest BCUT2D eigenvalue weighted by molar-refractivity contribution is 7.99. The summed E-state index contributed by atoms with van der Waals surface area (Å²) in [6, 6.07) is 52.4. The minimum atomic E-state index is -0.0335. The third kappa shape index (κ3) is 4.65. The predicted molar refractivity (Wildman–Crippen MR) is 185 cm³/mol. The van der Waals surface area contributed by atoms with Crippen LogP contribution in [0, 0.1) is 0 Å². The SMILES string of the molecule is CC1(C)c2ccccc2Sc2cc(-c3cccc(-c4ccc(C5=NC(c6ccccc6)c6ccccc6N5)cc4)c3)ccc21. The van der Waals surface area contributed by atoms with Crippen LogP contribution in [-0.4, -0.2) is 5.84 Å². The maximum Gasteiger partial charge on any atom is 0.133 e. The quantitative estimate of drug-likeness (QED) is 0.223. The maximum atomic E-state index is 5.18. The molecule has 0 radical (unpaired) electrons. The van der Waals surface area contributed by atoms with Crippen LogP contribution in [0.4, 0.5) is 5.69 Å². The molecule has 6 aromatic carbocycles. The first-order valence-corrected chi connectivity index (χ1v) is 16.0. The molecule has 8 rings (SSSR count). The van der Waals surface area contributed by atoms with Crippen LogP contribution < -0.4 is 5.32 Å². The Balaban J connectivity index is 1.09. The molecule has 0 saturated heterocycles. The van der Waals surface area contributed by atoms with Crippen LogP contribution in [0.25, 0.3) is 22.3 Å². The van der Waals surface area contributed by atoms with Crippen LogP contribution in [0.2, 0.25) is 0 Å². The fourth-order valence-corrected chi connectivity index (χ4v) is 8.02. The molecule has 0 fully saturated rings. The first-order valence-electron chi connectivity index (χ1n) is 15.2. The van der Waals surface area contributed by atoms with Gasteiger partial charge in [-0.05, 0) is 63.2 Å². The molecule has 3 heteroatoms. The largest absolute Gasteiger partial charge is 0.340 e. The summed E-state index contributed by atoms with van der Waals surface area (Å²) in [6.45, 7) is 4.67. The monoisotopic (exact) mass is 584 g/mol. The van der Waals surface area contributed by atoms with Gasteiger partial charge in [0.15, 0.2) is 0 Å². The molecule has 0 aliphatic carbocycles. The number of nitrogens with one attached hydrogen (secondary N) is 1. The van der Waals surface area contributed by atoms with E-state index in [0.29, 0.717) is 0 Å².